The van der Waals surface area contributed by atoms with Crippen LogP contribution in [-0.4, -0.2) is 74.5 Å². The van der Waals surface area contributed by atoms with Gasteiger partial charge in [0.05, 0.1) is 18.3 Å². The topological polar surface area (TPSA) is 60.6 Å². The maximum absolute atomic E-state index is 5.71. The van der Waals surface area contributed by atoms with Crippen LogP contribution in [-0.2, 0) is 4.74 Å². The molecule has 6 nitrogen and oxygen atoms in total. The molecular formula is C19H37N5OS. The van der Waals surface area contributed by atoms with Crippen LogP contribution >= 0.6 is 11.8 Å². The first-order valence-electron chi connectivity index (χ1n) is 10.3. The van der Waals surface area contributed by atoms with E-state index in [-0.39, 0.29) is 0 Å². The molecule has 3 rings (SSSR count). The Labute approximate surface area is 163 Å². The van der Waals surface area contributed by atoms with Gasteiger partial charge in [-0.25, -0.2) is 0 Å². The van der Waals surface area contributed by atoms with Gasteiger partial charge >= 0.3 is 0 Å². The summed E-state index contributed by atoms with van der Waals surface area (Å²) in [6.45, 7) is 12.7. The lowest BCUT2D eigenvalue weighted by Gasteiger charge is -2.45. The number of likely N-dealkylation sites (N-methyl/N-ethyl adjacent to an activating group) is 1. The van der Waals surface area contributed by atoms with Crippen molar-refractivity contribution in [2.75, 3.05) is 45.2 Å². The molecule has 0 aromatic heterocycles. The third-order valence-corrected chi connectivity index (χ3v) is 6.88. The molecule has 0 radical (unpaired) electrons. The van der Waals surface area contributed by atoms with Crippen LogP contribution < -0.4 is 21.3 Å². The molecule has 4 N–H and O–H groups in total. The van der Waals surface area contributed by atoms with Crippen LogP contribution in [0, 0.1) is 5.92 Å². The summed E-state index contributed by atoms with van der Waals surface area (Å²) in [7, 11) is 0. The van der Waals surface area contributed by atoms with Crippen molar-refractivity contribution in [2.45, 2.75) is 58.0 Å². The summed E-state index contributed by atoms with van der Waals surface area (Å²) >= 11 is 2.02. The fourth-order valence-corrected chi connectivity index (χ4v) is 5.20. The second-order valence-corrected chi connectivity index (χ2v) is 8.88. The minimum absolute atomic E-state index is 0.356. The first-order chi connectivity index (χ1) is 12.7. The average molecular weight is 384 g/mol. The van der Waals surface area contributed by atoms with Gasteiger partial charge in [0.25, 0.3) is 0 Å². The molecule has 2 fully saturated rings. The predicted octanol–water partition coefficient (Wildman–Crippen LogP) is 1.12. The SMILES string of the molecule is CCNC1C(C)NCNC1N1C=C([C@H](C)CNC[C@H]2CCCO2)SCC1. The van der Waals surface area contributed by atoms with E-state index in [1.54, 1.807) is 0 Å². The van der Waals surface area contributed by atoms with Crippen LogP contribution in [0.25, 0.3) is 0 Å². The second-order valence-electron chi connectivity index (χ2n) is 7.71. The van der Waals surface area contributed by atoms with Crippen molar-refractivity contribution in [3.63, 3.8) is 0 Å². The zero-order valence-electron chi connectivity index (χ0n) is 16.6. The summed E-state index contributed by atoms with van der Waals surface area (Å²) in [4.78, 5) is 4.02. The number of ether oxygens (including phenoxy) is 1. The number of hydrogen-bond acceptors (Lipinski definition) is 7. The highest BCUT2D eigenvalue weighted by Crippen LogP contribution is 2.30. The van der Waals surface area contributed by atoms with Crippen LogP contribution in [0.4, 0.5) is 0 Å². The fraction of sp³-hybridized carbons (Fsp3) is 0.895. The molecule has 7 heteroatoms. The average Bonchev–Trinajstić information content (AvgIpc) is 3.17. The Hall–Kier alpha value is -0.310. The van der Waals surface area contributed by atoms with E-state index in [9.17, 15) is 0 Å². The molecule has 0 aliphatic carbocycles. The predicted molar refractivity (Wildman–Crippen MR) is 110 cm³/mol. The molecule has 0 aromatic rings. The van der Waals surface area contributed by atoms with E-state index in [4.69, 9.17) is 4.74 Å². The minimum Gasteiger partial charge on any atom is -0.377 e. The summed E-state index contributed by atoms with van der Waals surface area (Å²) in [5, 5.41) is 14.5. The van der Waals surface area contributed by atoms with Crippen LogP contribution in [0.15, 0.2) is 11.1 Å². The molecule has 26 heavy (non-hydrogen) atoms. The number of nitrogens with zero attached hydrogens (tertiary/aromatic N) is 1. The third kappa shape index (κ3) is 5.36. The van der Waals surface area contributed by atoms with Crippen molar-refractivity contribution in [1.29, 1.82) is 0 Å². The molecule has 5 atom stereocenters. The Morgan fingerprint density at radius 2 is 2.31 bits per heavy atom. The number of rotatable bonds is 8. The highest BCUT2D eigenvalue weighted by atomic mass is 32.2. The minimum atomic E-state index is 0.356. The number of nitrogens with one attached hydrogen (secondary N) is 4. The highest BCUT2D eigenvalue weighted by molar-refractivity contribution is 8.03. The van der Waals surface area contributed by atoms with E-state index < -0.39 is 0 Å². The van der Waals surface area contributed by atoms with Gasteiger partial charge in [0, 0.05) is 61.7 Å². The van der Waals surface area contributed by atoms with Gasteiger partial charge in [0.2, 0.25) is 0 Å². The smallest absolute Gasteiger partial charge is 0.0972 e. The van der Waals surface area contributed by atoms with Crippen molar-refractivity contribution in [3.05, 3.63) is 11.1 Å². The maximum Gasteiger partial charge on any atom is 0.0972 e. The lowest BCUT2D eigenvalue weighted by molar-refractivity contribution is 0.109. The van der Waals surface area contributed by atoms with E-state index in [0.717, 1.165) is 39.5 Å². The van der Waals surface area contributed by atoms with Crippen molar-refractivity contribution in [2.24, 2.45) is 5.92 Å². The van der Waals surface area contributed by atoms with E-state index >= 15 is 0 Å². The second kappa shape index (κ2) is 10.3. The molecule has 3 aliphatic heterocycles. The first kappa shape index (κ1) is 20.4. The Morgan fingerprint density at radius 1 is 1.42 bits per heavy atom. The van der Waals surface area contributed by atoms with Crippen molar-refractivity contribution >= 4 is 11.8 Å². The summed E-state index contributed by atoms with van der Waals surface area (Å²) in [5.74, 6) is 1.71. The van der Waals surface area contributed by atoms with Crippen LogP contribution in [0.2, 0.25) is 0 Å². The molecule has 0 saturated carbocycles. The first-order valence-corrected chi connectivity index (χ1v) is 11.3. The van der Waals surface area contributed by atoms with Crippen molar-refractivity contribution in [3.8, 4) is 0 Å². The van der Waals surface area contributed by atoms with E-state index in [2.05, 4.69) is 53.1 Å². The van der Waals surface area contributed by atoms with Gasteiger partial charge in [0.1, 0.15) is 0 Å². The monoisotopic (exact) mass is 383 g/mol. The van der Waals surface area contributed by atoms with Gasteiger partial charge < -0.3 is 25.6 Å². The van der Waals surface area contributed by atoms with Gasteiger partial charge in [-0.3, -0.25) is 5.32 Å². The molecular weight excluding hydrogens is 346 g/mol. The number of thioether (sulfide) groups is 1. The van der Waals surface area contributed by atoms with Gasteiger partial charge in [-0.15, -0.1) is 11.8 Å². The molecule has 0 aromatic carbocycles. The molecule has 0 amide bonds. The fourth-order valence-electron chi connectivity index (χ4n) is 4.09. The lowest BCUT2D eigenvalue weighted by Crippen LogP contribution is -2.69. The highest BCUT2D eigenvalue weighted by Gasteiger charge is 2.34. The lowest BCUT2D eigenvalue weighted by atomic mass is 10.0. The van der Waals surface area contributed by atoms with E-state index in [0.29, 0.717) is 30.3 Å². The summed E-state index contributed by atoms with van der Waals surface area (Å²) < 4.78 is 5.71. The molecule has 2 saturated heterocycles. The molecule has 3 aliphatic rings. The van der Waals surface area contributed by atoms with Gasteiger partial charge in [-0.05, 0) is 26.3 Å². The molecule has 3 heterocycles. The quantitative estimate of drug-likeness (QED) is 0.501. The van der Waals surface area contributed by atoms with Crippen molar-refractivity contribution < 1.29 is 4.74 Å². The van der Waals surface area contributed by atoms with E-state index in [1.807, 2.05) is 11.8 Å². The maximum atomic E-state index is 5.71. The normalized spacial score (nSPS) is 34.0. The number of hydrogen-bond donors (Lipinski definition) is 4. The summed E-state index contributed by atoms with van der Waals surface area (Å²) in [5.41, 5.74) is 0. The van der Waals surface area contributed by atoms with Gasteiger partial charge in [-0.1, -0.05) is 13.8 Å². The summed E-state index contributed by atoms with van der Waals surface area (Å²) in [6, 6.07) is 0.889. The molecule has 0 spiro atoms. The standard InChI is InChI=1S/C19H37N5OS/c1-4-21-18-15(3)22-13-23-19(18)24-7-9-26-17(12-24)14(2)10-20-11-16-6-5-8-25-16/h12,14-16,18-23H,4-11,13H2,1-3H3/t14-,15?,16-,18?,19?/m1/s1. The van der Waals surface area contributed by atoms with Crippen LogP contribution in [0.3, 0.4) is 0 Å². The molecule has 3 unspecified atom stereocenters. The van der Waals surface area contributed by atoms with Crippen LogP contribution in [0.5, 0.6) is 0 Å². The van der Waals surface area contributed by atoms with Crippen LogP contribution in [0.1, 0.15) is 33.6 Å². The Kier molecular flexibility index (Phi) is 8.09. The Morgan fingerprint density at radius 3 is 3.08 bits per heavy atom. The Bertz CT molecular complexity index is 457. The Balaban J connectivity index is 1.54. The summed E-state index contributed by atoms with van der Waals surface area (Å²) in [6.07, 6.45) is 5.61. The zero-order chi connectivity index (χ0) is 18.4. The molecule has 150 valence electrons. The zero-order valence-corrected chi connectivity index (χ0v) is 17.4. The van der Waals surface area contributed by atoms with Gasteiger partial charge in [-0.2, -0.15) is 0 Å². The van der Waals surface area contributed by atoms with Gasteiger partial charge in [0.15, 0.2) is 0 Å². The van der Waals surface area contributed by atoms with E-state index in [1.165, 1.54) is 23.5 Å². The largest absolute Gasteiger partial charge is 0.377 e. The molecule has 0 bridgehead atoms. The van der Waals surface area contributed by atoms with Crippen molar-refractivity contribution in [1.82, 2.24) is 26.2 Å². The third-order valence-electron chi connectivity index (χ3n) is 5.65.